The van der Waals surface area contributed by atoms with Crippen molar-refractivity contribution in [2.24, 2.45) is 0 Å². The topological polar surface area (TPSA) is 27.7 Å². The summed E-state index contributed by atoms with van der Waals surface area (Å²) in [6.07, 6.45) is -3.29. The number of rotatable bonds is 6. The zero-order valence-electron chi connectivity index (χ0n) is 13.3. The van der Waals surface area contributed by atoms with Gasteiger partial charge in [-0.05, 0) is 52.6 Å². The second-order valence-corrected chi connectivity index (χ2v) is 5.00. The molecule has 0 N–H and O–H groups in total. The molecule has 24 heavy (non-hydrogen) atoms. The van der Waals surface area contributed by atoms with Crippen LogP contribution in [0.15, 0.2) is 43.0 Å². The molecule has 0 bridgehead atoms. The Bertz CT molecular complexity index is 724. The van der Waals surface area contributed by atoms with Gasteiger partial charge in [0.15, 0.2) is 0 Å². The largest absolute Gasteiger partial charge is 0.573 e. The quantitative estimate of drug-likeness (QED) is 0.738. The van der Waals surface area contributed by atoms with Gasteiger partial charge in [0.1, 0.15) is 11.5 Å². The highest BCUT2D eigenvalue weighted by atomic mass is 19.4. The number of methoxy groups -OCH3 is 2. The third-order valence-electron chi connectivity index (χ3n) is 3.32. The molecule has 0 aliphatic carbocycles. The van der Waals surface area contributed by atoms with Crippen molar-refractivity contribution >= 4 is 6.08 Å². The molecule has 0 atom stereocenters. The fourth-order valence-corrected chi connectivity index (χ4v) is 2.34. The minimum Gasteiger partial charge on any atom is -0.497 e. The van der Waals surface area contributed by atoms with Crippen molar-refractivity contribution in [1.82, 2.24) is 0 Å². The number of halogens is 3. The Hall–Kier alpha value is -2.47. The van der Waals surface area contributed by atoms with Crippen molar-refractivity contribution in [2.45, 2.75) is 13.0 Å². The summed E-state index contributed by atoms with van der Waals surface area (Å²) in [5.41, 5.74) is 2.61. The van der Waals surface area contributed by atoms with Crippen molar-refractivity contribution in [1.29, 1.82) is 0 Å². The summed E-state index contributed by atoms with van der Waals surface area (Å²) >= 11 is 0. The molecule has 0 fully saturated rings. The average molecular weight is 338 g/mol. The lowest BCUT2D eigenvalue weighted by Crippen LogP contribution is -2.17. The first-order chi connectivity index (χ1) is 11.4. The molecule has 0 radical (unpaired) electrons. The molecule has 0 unspecified atom stereocenters. The summed E-state index contributed by atoms with van der Waals surface area (Å²) < 4.78 is 52.0. The molecule has 0 amide bonds. The number of ether oxygens (including phenoxy) is 3. The van der Waals surface area contributed by atoms with Gasteiger partial charge in [-0.1, -0.05) is 18.7 Å². The molecule has 6 heteroatoms. The van der Waals surface area contributed by atoms with Gasteiger partial charge in [0, 0.05) is 7.11 Å². The van der Waals surface area contributed by atoms with E-state index in [1.165, 1.54) is 18.2 Å². The van der Waals surface area contributed by atoms with E-state index < -0.39 is 6.36 Å². The molecule has 128 valence electrons. The van der Waals surface area contributed by atoms with Crippen LogP contribution in [0.3, 0.4) is 0 Å². The highest BCUT2D eigenvalue weighted by Crippen LogP contribution is 2.33. The van der Waals surface area contributed by atoms with E-state index in [0.29, 0.717) is 23.5 Å². The van der Waals surface area contributed by atoms with Crippen molar-refractivity contribution in [2.75, 3.05) is 14.2 Å². The maximum atomic E-state index is 12.5. The Morgan fingerprint density at radius 3 is 2.38 bits per heavy atom. The lowest BCUT2D eigenvalue weighted by atomic mass is 9.97. The van der Waals surface area contributed by atoms with Crippen molar-refractivity contribution in [3.63, 3.8) is 0 Å². The minimum atomic E-state index is -4.76. The van der Waals surface area contributed by atoms with Crippen molar-refractivity contribution in [3.05, 3.63) is 54.1 Å². The van der Waals surface area contributed by atoms with Gasteiger partial charge in [-0.25, -0.2) is 0 Å². The fourth-order valence-electron chi connectivity index (χ4n) is 2.34. The molecule has 0 spiro atoms. The summed E-state index contributed by atoms with van der Waals surface area (Å²) in [6, 6.07) is 9.64. The van der Waals surface area contributed by atoms with Crippen LogP contribution in [0.4, 0.5) is 13.2 Å². The van der Waals surface area contributed by atoms with Gasteiger partial charge in [0.05, 0.1) is 13.7 Å². The maximum absolute atomic E-state index is 12.5. The van der Waals surface area contributed by atoms with Gasteiger partial charge in [0.25, 0.3) is 0 Å². The van der Waals surface area contributed by atoms with Crippen LogP contribution in [0.5, 0.6) is 11.5 Å². The lowest BCUT2D eigenvalue weighted by Gasteiger charge is -2.15. The highest BCUT2D eigenvalue weighted by molar-refractivity contribution is 5.72. The summed E-state index contributed by atoms with van der Waals surface area (Å²) in [4.78, 5) is 0. The number of hydrogen-bond donors (Lipinski definition) is 0. The Morgan fingerprint density at radius 2 is 1.79 bits per heavy atom. The van der Waals surface area contributed by atoms with E-state index in [0.717, 1.165) is 11.1 Å². The first-order valence-corrected chi connectivity index (χ1v) is 7.06. The van der Waals surface area contributed by atoms with Crippen LogP contribution < -0.4 is 9.47 Å². The van der Waals surface area contributed by atoms with Gasteiger partial charge in [-0.3, -0.25) is 0 Å². The van der Waals surface area contributed by atoms with E-state index in [4.69, 9.17) is 9.47 Å². The molecule has 0 aromatic heterocycles. The summed E-state index contributed by atoms with van der Waals surface area (Å²) in [5, 5.41) is 0. The van der Waals surface area contributed by atoms with E-state index in [1.54, 1.807) is 38.5 Å². The van der Waals surface area contributed by atoms with Gasteiger partial charge in [-0.2, -0.15) is 0 Å². The first-order valence-electron chi connectivity index (χ1n) is 7.06. The van der Waals surface area contributed by atoms with Crippen LogP contribution >= 0.6 is 0 Å². The Kier molecular flexibility index (Phi) is 5.51. The highest BCUT2D eigenvalue weighted by Gasteiger charge is 2.31. The molecule has 0 aliphatic heterocycles. The van der Waals surface area contributed by atoms with Gasteiger partial charge < -0.3 is 14.2 Å². The fraction of sp³-hybridized carbons (Fsp3) is 0.222. The molecule has 0 aliphatic rings. The number of hydrogen-bond acceptors (Lipinski definition) is 3. The summed E-state index contributed by atoms with van der Waals surface area (Å²) in [5.74, 6) is 0.339. The smallest absolute Gasteiger partial charge is 0.497 e. The Balaban J connectivity index is 2.54. The normalized spacial score (nSPS) is 11.2. The SMILES string of the molecule is C=Cc1cc(OC(F)(F)F)cc(-c2ccc(OC)cc2COC)c1. The Morgan fingerprint density at radius 1 is 1.04 bits per heavy atom. The van der Waals surface area contributed by atoms with E-state index in [9.17, 15) is 13.2 Å². The second kappa shape index (κ2) is 7.40. The molecule has 0 heterocycles. The monoisotopic (exact) mass is 338 g/mol. The minimum absolute atomic E-state index is 0.292. The standard InChI is InChI=1S/C18H17F3O3/c1-4-12-7-13(9-16(8-12)24-18(19,20)21)17-6-5-15(23-3)10-14(17)11-22-2/h4-10H,1,11H2,2-3H3. The van der Waals surface area contributed by atoms with Crippen LogP contribution in [0, 0.1) is 0 Å². The third-order valence-corrected chi connectivity index (χ3v) is 3.32. The molecule has 2 aromatic carbocycles. The molecule has 2 aromatic rings. The lowest BCUT2D eigenvalue weighted by molar-refractivity contribution is -0.274. The second-order valence-electron chi connectivity index (χ2n) is 5.00. The molecule has 0 saturated carbocycles. The van der Waals surface area contributed by atoms with E-state index in [2.05, 4.69) is 11.3 Å². The van der Waals surface area contributed by atoms with Crippen LogP contribution in [0.1, 0.15) is 11.1 Å². The van der Waals surface area contributed by atoms with Crippen LogP contribution in [0.25, 0.3) is 17.2 Å². The zero-order chi connectivity index (χ0) is 17.7. The number of alkyl halides is 3. The van der Waals surface area contributed by atoms with Crippen molar-refractivity contribution in [3.8, 4) is 22.6 Å². The van der Waals surface area contributed by atoms with Gasteiger partial charge in [0.2, 0.25) is 0 Å². The van der Waals surface area contributed by atoms with Gasteiger partial charge in [-0.15, -0.1) is 13.2 Å². The predicted molar refractivity (Wildman–Crippen MR) is 85.9 cm³/mol. The first kappa shape index (κ1) is 17.9. The summed E-state index contributed by atoms with van der Waals surface area (Å²) in [6.45, 7) is 3.90. The predicted octanol–water partition coefficient (Wildman–Crippen LogP) is 5.05. The summed E-state index contributed by atoms with van der Waals surface area (Å²) in [7, 11) is 3.08. The van der Waals surface area contributed by atoms with E-state index in [-0.39, 0.29) is 5.75 Å². The molecular formula is C18H17F3O3. The van der Waals surface area contributed by atoms with Crippen LogP contribution in [-0.2, 0) is 11.3 Å². The van der Waals surface area contributed by atoms with Crippen molar-refractivity contribution < 1.29 is 27.4 Å². The van der Waals surface area contributed by atoms with Crippen LogP contribution in [0.2, 0.25) is 0 Å². The van der Waals surface area contributed by atoms with E-state index in [1.807, 2.05) is 0 Å². The molecule has 3 nitrogen and oxygen atoms in total. The average Bonchev–Trinajstić information content (AvgIpc) is 2.53. The molecular weight excluding hydrogens is 321 g/mol. The maximum Gasteiger partial charge on any atom is 0.573 e. The zero-order valence-corrected chi connectivity index (χ0v) is 13.3. The molecule has 0 saturated heterocycles. The third kappa shape index (κ3) is 4.52. The van der Waals surface area contributed by atoms with Crippen LogP contribution in [-0.4, -0.2) is 20.6 Å². The van der Waals surface area contributed by atoms with Gasteiger partial charge >= 0.3 is 6.36 Å². The number of benzene rings is 2. The Labute approximate surface area is 138 Å². The van der Waals surface area contributed by atoms with E-state index >= 15 is 0 Å². The molecule has 2 rings (SSSR count).